The summed E-state index contributed by atoms with van der Waals surface area (Å²) in [5.41, 5.74) is 3.87. The van der Waals surface area contributed by atoms with Crippen LogP contribution in [0.2, 0.25) is 0 Å². The minimum atomic E-state index is -0.479. The molecule has 0 fully saturated rings. The lowest BCUT2D eigenvalue weighted by Crippen LogP contribution is -3.08. The summed E-state index contributed by atoms with van der Waals surface area (Å²) in [7, 11) is 2.10. The predicted molar refractivity (Wildman–Crippen MR) is 112 cm³/mol. The van der Waals surface area contributed by atoms with Crippen molar-refractivity contribution in [2.45, 2.75) is 65.0 Å². The van der Waals surface area contributed by atoms with Crippen LogP contribution in [0.15, 0.2) is 42.5 Å². The number of hydrogen-bond donors (Lipinski definition) is 3. The fourth-order valence-corrected chi connectivity index (χ4v) is 3.48. The van der Waals surface area contributed by atoms with Crippen LogP contribution in [-0.4, -0.2) is 23.8 Å². The van der Waals surface area contributed by atoms with Gasteiger partial charge in [-0.05, 0) is 28.5 Å². The van der Waals surface area contributed by atoms with Crippen LogP contribution in [0, 0.1) is 0 Å². The number of rotatable bonds is 5. The van der Waals surface area contributed by atoms with Crippen molar-refractivity contribution in [3.8, 4) is 5.75 Å². The average molecular weight is 371 g/mol. The zero-order chi connectivity index (χ0) is 20.4. The molecule has 0 aliphatic heterocycles. The average Bonchev–Trinajstić information content (AvgIpc) is 2.55. The predicted octanol–water partition coefficient (Wildman–Crippen LogP) is 3.74. The van der Waals surface area contributed by atoms with Gasteiger partial charge in [0.15, 0.2) is 0 Å². The number of aliphatic hydroxyl groups excluding tert-OH is 1. The van der Waals surface area contributed by atoms with E-state index in [1.54, 1.807) is 0 Å². The Morgan fingerprint density at radius 1 is 0.889 bits per heavy atom. The first-order chi connectivity index (χ1) is 12.4. The highest BCUT2D eigenvalue weighted by atomic mass is 16.3. The zero-order valence-corrected chi connectivity index (χ0v) is 17.9. The van der Waals surface area contributed by atoms with Crippen molar-refractivity contribution in [1.29, 1.82) is 0 Å². The number of benzene rings is 2. The molecular formula is C24H36NO2+. The maximum absolute atomic E-state index is 10.9. The molecule has 148 valence electrons. The fraction of sp³-hybridized carbons (Fsp3) is 0.500. The van der Waals surface area contributed by atoms with Gasteiger partial charge >= 0.3 is 0 Å². The minimum absolute atomic E-state index is 0.127. The highest BCUT2D eigenvalue weighted by molar-refractivity contribution is 5.49. The van der Waals surface area contributed by atoms with Crippen LogP contribution in [0.1, 0.15) is 69.9 Å². The van der Waals surface area contributed by atoms with Crippen molar-refractivity contribution in [2.24, 2.45) is 0 Å². The van der Waals surface area contributed by atoms with Crippen molar-refractivity contribution in [3.63, 3.8) is 0 Å². The summed E-state index contributed by atoms with van der Waals surface area (Å²) in [5, 5.41) is 21.4. The van der Waals surface area contributed by atoms with E-state index >= 15 is 0 Å². The molecule has 3 nitrogen and oxygen atoms in total. The molecule has 0 saturated heterocycles. The van der Waals surface area contributed by atoms with Crippen molar-refractivity contribution in [3.05, 3.63) is 64.7 Å². The number of likely N-dealkylation sites (N-methyl/N-ethyl adjacent to an activating group) is 1. The lowest BCUT2D eigenvalue weighted by Gasteiger charge is -2.28. The van der Waals surface area contributed by atoms with Crippen LogP contribution in [0.3, 0.4) is 0 Å². The molecule has 0 aliphatic rings. The van der Waals surface area contributed by atoms with Crippen LogP contribution in [0.4, 0.5) is 0 Å². The molecule has 2 aromatic carbocycles. The second kappa shape index (κ2) is 8.04. The van der Waals surface area contributed by atoms with Gasteiger partial charge in [-0.15, -0.1) is 0 Å². The highest BCUT2D eigenvalue weighted by Gasteiger charge is 2.27. The van der Waals surface area contributed by atoms with Gasteiger partial charge in [-0.1, -0.05) is 71.9 Å². The molecule has 27 heavy (non-hydrogen) atoms. The van der Waals surface area contributed by atoms with E-state index < -0.39 is 6.10 Å². The van der Waals surface area contributed by atoms with Gasteiger partial charge in [-0.3, -0.25) is 0 Å². The van der Waals surface area contributed by atoms with E-state index in [1.165, 1.54) is 10.5 Å². The number of aromatic hydroxyl groups is 1. The Morgan fingerprint density at radius 3 is 1.81 bits per heavy atom. The number of aliphatic hydroxyl groups is 1. The second-order valence-corrected chi connectivity index (χ2v) is 9.80. The molecule has 2 rings (SSSR count). The third kappa shape index (κ3) is 5.57. The van der Waals surface area contributed by atoms with Gasteiger partial charge < -0.3 is 15.1 Å². The largest absolute Gasteiger partial charge is 0.507 e. The van der Waals surface area contributed by atoms with Crippen LogP contribution >= 0.6 is 0 Å². The molecular weight excluding hydrogens is 334 g/mol. The molecule has 2 atom stereocenters. The smallest absolute Gasteiger partial charge is 0.128 e. The summed E-state index contributed by atoms with van der Waals surface area (Å²) in [4.78, 5) is 1.23. The minimum Gasteiger partial charge on any atom is -0.507 e. The lowest BCUT2D eigenvalue weighted by atomic mass is 9.78. The first-order valence-corrected chi connectivity index (χ1v) is 9.80. The molecule has 0 aromatic heterocycles. The number of phenolic OH excluding ortho intramolecular Hbond substituents is 1. The van der Waals surface area contributed by atoms with Crippen LogP contribution in [0.5, 0.6) is 5.75 Å². The zero-order valence-electron chi connectivity index (χ0n) is 17.9. The molecule has 0 spiro atoms. The van der Waals surface area contributed by atoms with E-state index in [2.05, 4.69) is 60.7 Å². The summed E-state index contributed by atoms with van der Waals surface area (Å²) in [6.45, 7) is 14.2. The number of hydrogen-bond acceptors (Lipinski definition) is 2. The fourth-order valence-electron chi connectivity index (χ4n) is 3.48. The van der Waals surface area contributed by atoms with Gasteiger partial charge in [0, 0.05) is 16.7 Å². The second-order valence-electron chi connectivity index (χ2n) is 9.80. The van der Waals surface area contributed by atoms with Crippen molar-refractivity contribution in [1.82, 2.24) is 0 Å². The van der Waals surface area contributed by atoms with E-state index in [-0.39, 0.29) is 10.8 Å². The number of nitrogens with one attached hydrogen (secondary N) is 1. The molecule has 3 N–H and O–H groups in total. The van der Waals surface area contributed by atoms with Crippen LogP contribution in [0.25, 0.3) is 0 Å². The quantitative estimate of drug-likeness (QED) is 0.751. The van der Waals surface area contributed by atoms with Gasteiger partial charge in [0.05, 0.1) is 7.05 Å². The Labute approximate surface area is 164 Å². The molecule has 2 aromatic rings. The van der Waals surface area contributed by atoms with Crippen molar-refractivity contribution in [2.75, 3.05) is 13.6 Å². The van der Waals surface area contributed by atoms with Gasteiger partial charge in [-0.2, -0.15) is 0 Å². The van der Waals surface area contributed by atoms with E-state index in [0.29, 0.717) is 12.3 Å². The SMILES string of the molecule is C[NH+](Cc1cc(C(C)(C)C)c(O)c(C(C)(C)C)c1)C[C@@H](O)c1ccccc1. The Hall–Kier alpha value is -1.84. The maximum atomic E-state index is 10.9. The van der Waals surface area contributed by atoms with Gasteiger partial charge in [0.1, 0.15) is 24.9 Å². The summed E-state index contributed by atoms with van der Waals surface area (Å²) in [5.74, 6) is 0.417. The van der Waals surface area contributed by atoms with Gasteiger partial charge in [-0.25, -0.2) is 0 Å². The monoisotopic (exact) mass is 370 g/mol. The molecule has 0 radical (unpaired) electrons. The number of phenols is 1. The topological polar surface area (TPSA) is 44.9 Å². The first-order valence-electron chi connectivity index (χ1n) is 9.80. The van der Waals surface area contributed by atoms with E-state index in [1.807, 2.05) is 30.3 Å². The summed E-state index contributed by atoms with van der Waals surface area (Å²) in [6, 6.07) is 14.1. The normalized spacial score (nSPS) is 14.8. The summed E-state index contributed by atoms with van der Waals surface area (Å²) >= 11 is 0. The lowest BCUT2D eigenvalue weighted by molar-refractivity contribution is -0.897. The Balaban J connectivity index is 2.27. The molecule has 0 aliphatic carbocycles. The highest BCUT2D eigenvalue weighted by Crippen LogP contribution is 2.39. The third-order valence-corrected chi connectivity index (χ3v) is 5.02. The third-order valence-electron chi connectivity index (χ3n) is 5.02. The van der Waals surface area contributed by atoms with E-state index in [4.69, 9.17) is 0 Å². The maximum Gasteiger partial charge on any atom is 0.128 e. The molecule has 0 heterocycles. The standard InChI is InChI=1S/C24H35NO2/c1-23(2,3)19-13-17(14-20(22(19)27)24(4,5)6)15-25(7)16-21(26)18-11-9-8-10-12-18/h8-14,21,26-27H,15-16H2,1-7H3/p+1/t21-/m1/s1. The van der Waals surface area contributed by atoms with E-state index in [9.17, 15) is 10.2 Å². The molecule has 1 unspecified atom stereocenters. The molecule has 0 bridgehead atoms. The summed E-state index contributed by atoms with van der Waals surface area (Å²) in [6.07, 6.45) is -0.479. The molecule has 3 heteroatoms. The van der Waals surface area contributed by atoms with Crippen molar-refractivity contribution < 1.29 is 15.1 Å². The Bertz CT molecular complexity index is 719. The van der Waals surface area contributed by atoms with Gasteiger partial charge in [0.25, 0.3) is 0 Å². The van der Waals surface area contributed by atoms with E-state index in [0.717, 1.165) is 23.2 Å². The van der Waals surface area contributed by atoms with Crippen LogP contribution < -0.4 is 4.90 Å². The van der Waals surface area contributed by atoms with Crippen molar-refractivity contribution >= 4 is 0 Å². The molecule has 0 saturated carbocycles. The number of quaternary nitrogens is 1. The Morgan fingerprint density at radius 2 is 1.37 bits per heavy atom. The van der Waals surface area contributed by atoms with Crippen LogP contribution in [-0.2, 0) is 17.4 Å². The Kier molecular flexibility index (Phi) is 6.39. The van der Waals surface area contributed by atoms with Gasteiger partial charge in [0.2, 0.25) is 0 Å². The summed E-state index contributed by atoms with van der Waals surface area (Å²) < 4.78 is 0. The molecule has 0 amide bonds. The first kappa shape index (κ1) is 21.5.